The Morgan fingerprint density at radius 2 is 1.88 bits per heavy atom. The number of rotatable bonds is 7. The Hall–Kier alpha value is -2.90. The second-order valence-electron chi connectivity index (χ2n) is 9.26. The number of ether oxygens (including phenoxy) is 1. The Bertz CT molecular complexity index is 1030. The third-order valence-corrected chi connectivity index (χ3v) is 5.88. The summed E-state index contributed by atoms with van der Waals surface area (Å²) >= 11 is 6.45. The molecule has 33 heavy (non-hydrogen) atoms. The third-order valence-electron chi connectivity index (χ3n) is 5.57. The minimum absolute atomic E-state index is 0.108. The normalized spacial score (nSPS) is 16.8. The van der Waals surface area contributed by atoms with E-state index in [4.69, 9.17) is 16.3 Å². The topological polar surface area (TPSA) is 96.5 Å². The van der Waals surface area contributed by atoms with E-state index in [0.29, 0.717) is 22.9 Å². The van der Waals surface area contributed by atoms with Gasteiger partial charge in [0.05, 0.1) is 12.5 Å². The van der Waals surface area contributed by atoms with Gasteiger partial charge in [0.1, 0.15) is 6.04 Å². The van der Waals surface area contributed by atoms with Gasteiger partial charge in [-0.2, -0.15) is 0 Å². The Morgan fingerprint density at radius 1 is 1.18 bits per heavy atom. The lowest BCUT2D eigenvalue weighted by Crippen LogP contribution is -2.40. The summed E-state index contributed by atoms with van der Waals surface area (Å²) in [4.78, 5) is 37.6. The number of halogens is 1. The maximum atomic E-state index is 13.3. The van der Waals surface area contributed by atoms with Crippen molar-refractivity contribution in [1.82, 2.24) is 10.6 Å². The predicted octanol–water partition coefficient (Wildman–Crippen LogP) is 3.72. The number of anilines is 1. The lowest BCUT2D eigenvalue weighted by molar-refractivity contribution is -0.129. The number of benzene rings is 2. The van der Waals surface area contributed by atoms with Crippen LogP contribution in [-0.4, -0.2) is 31.4 Å². The minimum Gasteiger partial charge on any atom is -0.380 e. The van der Waals surface area contributed by atoms with E-state index in [1.165, 1.54) is 0 Å². The molecule has 1 fully saturated rings. The molecule has 0 aromatic heterocycles. The molecule has 2 aromatic rings. The maximum Gasteiger partial charge on any atom is 0.251 e. The molecule has 7 nitrogen and oxygen atoms in total. The highest BCUT2D eigenvalue weighted by atomic mass is 35.5. The van der Waals surface area contributed by atoms with E-state index in [-0.39, 0.29) is 30.2 Å². The zero-order valence-electron chi connectivity index (χ0n) is 19.3. The Labute approximate surface area is 199 Å². The van der Waals surface area contributed by atoms with E-state index in [1.54, 1.807) is 31.4 Å². The van der Waals surface area contributed by atoms with Crippen LogP contribution in [0.15, 0.2) is 42.5 Å². The van der Waals surface area contributed by atoms with Crippen LogP contribution in [0.2, 0.25) is 5.02 Å². The fourth-order valence-electron chi connectivity index (χ4n) is 3.74. The van der Waals surface area contributed by atoms with Crippen LogP contribution in [0.1, 0.15) is 49.9 Å². The minimum atomic E-state index is -0.939. The van der Waals surface area contributed by atoms with E-state index in [9.17, 15) is 14.4 Å². The number of methoxy groups -OCH3 is 1. The van der Waals surface area contributed by atoms with Crippen molar-refractivity contribution in [3.05, 3.63) is 64.2 Å². The molecule has 3 amide bonds. The van der Waals surface area contributed by atoms with Crippen molar-refractivity contribution in [3.8, 4) is 0 Å². The molecule has 2 aromatic carbocycles. The molecule has 1 aliphatic heterocycles. The highest BCUT2D eigenvalue weighted by Crippen LogP contribution is 2.31. The third kappa shape index (κ3) is 6.33. The summed E-state index contributed by atoms with van der Waals surface area (Å²) in [6, 6.07) is 11.7. The number of hydrogen-bond donors (Lipinski definition) is 3. The standard InChI is InChI=1S/C25H30ClN3O4/c1-25(2,3)19-10-9-18(12-20(19)26)28-24(32)22(16-7-5-15(6-8-16)14-33-4)29-23(31)17-11-21(30)27-13-17/h5-10,12,17,22H,11,13-14H2,1-4H3,(H,27,30)(H,28,32)(H,29,31). The highest BCUT2D eigenvalue weighted by Gasteiger charge is 2.32. The molecule has 2 unspecified atom stereocenters. The summed E-state index contributed by atoms with van der Waals surface area (Å²) in [5, 5.41) is 8.87. The van der Waals surface area contributed by atoms with Crippen molar-refractivity contribution in [2.24, 2.45) is 5.92 Å². The zero-order valence-corrected chi connectivity index (χ0v) is 20.1. The van der Waals surface area contributed by atoms with Gasteiger partial charge in [-0.25, -0.2) is 0 Å². The van der Waals surface area contributed by atoms with Gasteiger partial charge in [-0.3, -0.25) is 14.4 Å². The van der Waals surface area contributed by atoms with Gasteiger partial charge in [-0.1, -0.05) is 62.7 Å². The maximum absolute atomic E-state index is 13.3. The highest BCUT2D eigenvalue weighted by molar-refractivity contribution is 6.31. The number of carbonyl (C=O) groups is 3. The van der Waals surface area contributed by atoms with Crippen LogP contribution in [0.3, 0.4) is 0 Å². The van der Waals surface area contributed by atoms with Crippen molar-refractivity contribution in [3.63, 3.8) is 0 Å². The van der Waals surface area contributed by atoms with Crippen molar-refractivity contribution in [2.45, 2.75) is 45.3 Å². The second-order valence-corrected chi connectivity index (χ2v) is 9.66. The molecule has 1 saturated heterocycles. The van der Waals surface area contributed by atoms with Crippen LogP contribution in [0.5, 0.6) is 0 Å². The summed E-state index contributed by atoms with van der Waals surface area (Å²) < 4.78 is 5.14. The molecule has 3 rings (SSSR count). The van der Waals surface area contributed by atoms with Gasteiger partial charge in [-0.15, -0.1) is 0 Å². The van der Waals surface area contributed by atoms with Crippen molar-refractivity contribution < 1.29 is 19.1 Å². The number of hydrogen-bond acceptors (Lipinski definition) is 4. The average Bonchev–Trinajstić information content (AvgIpc) is 3.18. The van der Waals surface area contributed by atoms with Crippen LogP contribution in [0.25, 0.3) is 0 Å². The smallest absolute Gasteiger partial charge is 0.251 e. The van der Waals surface area contributed by atoms with Gasteiger partial charge < -0.3 is 20.7 Å². The second kappa shape index (κ2) is 10.4. The number of carbonyl (C=O) groups excluding carboxylic acids is 3. The SMILES string of the molecule is COCc1ccc(C(NC(=O)C2CNC(=O)C2)C(=O)Nc2ccc(C(C)(C)C)c(Cl)c2)cc1. The Kier molecular flexibility index (Phi) is 7.76. The average molecular weight is 472 g/mol. The Morgan fingerprint density at radius 3 is 2.42 bits per heavy atom. The summed E-state index contributed by atoms with van der Waals surface area (Å²) in [5.74, 6) is -1.44. The predicted molar refractivity (Wildman–Crippen MR) is 128 cm³/mol. The molecule has 0 saturated carbocycles. The molecule has 1 aliphatic rings. The first-order valence-electron chi connectivity index (χ1n) is 10.8. The van der Waals surface area contributed by atoms with E-state index >= 15 is 0 Å². The van der Waals surface area contributed by atoms with Crippen LogP contribution >= 0.6 is 11.6 Å². The summed E-state index contributed by atoms with van der Waals surface area (Å²) in [5.41, 5.74) is 2.94. The molecule has 0 spiro atoms. The lowest BCUT2D eigenvalue weighted by Gasteiger charge is -2.23. The Balaban J connectivity index is 1.83. The fourth-order valence-corrected chi connectivity index (χ4v) is 4.20. The molecule has 0 aliphatic carbocycles. The van der Waals surface area contributed by atoms with Crippen molar-refractivity contribution in [1.29, 1.82) is 0 Å². The van der Waals surface area contributed by atoms with Crippen molar-refractivity contribution >= 4 is 35.0 Å². The fraction of sp³-hybridized carbons (Fsp3) is 0.400. The van der Waals surface area contributed by atoms with Crippen LogP contribution in [-0.2, 0) is 31.1 Å². The van der Waals surface area contributed by atoms with Gasteiger partial charge in [0.25, 0.3) is 5.91 Å². The molecular weight excluding hydrogens is 442 g/mol. The molecule has 2 atom stereocenters. The van der Waals surface area contributed by atoms with Crippen LogP contribution < -0.4 is 16.0 Å². The molecular formula is C25H30ClN3O4. The molecule has 0 radical (unpaired) electrons. The van der Waals surface area contributed by atoms with Gasteiger partial charge in [0.15, 0.2) is 0 Å². The van der Waals surface area contributed by atoms with E-state index in [1.807, 2.05) is 18.2 Å². The summed E-state index contributed by atoms with van der Waals surface area (Å²) in [6.07, 6.45) is 0.108. The first kappa shape index (κ1) is 24.7. The molecule has 8 heteroatoms. The molecule has 3 N–H and O–H groups in total. The lowest BCUT2D eigenvalue weighted by atomic mass is 9.87. The van der Waals surface area contributed by atoms with E-state index < -0.39 is 17.9 Å². The van der Waals surface area contributed by atoms with Gasteiger partial charge in [0, 0.05) is 30.8 Å². The number of amides is 3. The van der Waals surface area contributed by atoms with E-state index in [2.05, 4.69) is 36.7 Å². The van der Waals surface area contributed by atoms with Crippen LogP contribution in [0.4, 0.5) is 5.69 Å². The van der Waals surface area contributed by atoms with Crippen LogP contribution in [0, 0.1) is 5.92 Å². The molecule has 176 valence electrons. The van der Waals surface area contributed by atoms with Crippen molar-refractivity contribution in [2.75, 3.05) is 19.0 Å². The zero-order chi connectivity index (χ0) is 24.2. The molecule has 0 bridgehead atoms. The molecule has 1 heterocycles. The monoisotopic (exact) mass is 471 g/mol. The summed E-state index contributed by atoms with van der Waals surface area (Å²) in [6.45, 7) is 6.89. The quantitative estimate of drug-likeness (QED) is 0.573. The largest absolute Gasteiger partial charge is 0.380 e. The van der Waals surface area contributed by atoms with E-state index in [0.717, 1.165) is 11.1 Å². The first-order chi connectivity index (χ1) is 15.6. The summed E-state index contributed by atoms with van der Waals surface area (Å²) in [7, 11) is 1.61. The number of nitrogens with one attached hydrogen (secondary N) is 3. The van der Waals surface area contributed by atoms with Gasteiger partial charge >= 0.3 is 0 Å². The van der Waals surface area contributed by atoms with Gasteiger partial charge in [-0.05, 0) is 34.2 Å². The van der Waals surface area contributed by atoms with Gasteiger partial charge in [0.2, 0.25) is 11.8 Å². The first-order valence-corrected chi connectivity index (χ1v) is 11.2.